The number of rotatable bonds is 9. The number of piperazine rings is 1. The molecule has 0 aromatic heterocycles. The first kappa shape index (κ1) is 21.1. The first-order valence-corrected chi connectivity index (χ1v) is 10.5. The van der Waals surface area contributed by atoms with Crippen molar-refractivity contribution in [3.05, 3.63) is 71.8 Å². The van der Waals surface area contributed by atoms with Gasteiger partial charge in [-0.2, -0.15) is 0 Å². The van der Waals surface area contributed by atoms with Crippen molar-refractivity contribution in [1.29, 1.82) is 0 Å². The van der Waals surface area contributed by atoms with Crippen LogP contribution in [0.4, 0.5) is 0 Å². The lowest BCUT2D eigenvalue weighted by atomic mass is 10.1. The van der Waals surface area contributed by atoms with Crippen LogP contribution in [0.2, 0.25) is 0 Å². The Morgan fingerprint density at radius 1 is 1.03 bits per heavy atom. The van der Waals surface area contributed by atoms with Gasteiger partial charge in [-0.3, -0.25) is 14.5 Å². The van der Waals surface area contributed by atoms with Gasteiger partial charge in [0, 0.05) is 26.7 Å². The number of nitrogens with one attached hydrogen (secondary N) is 1. The predicted molar refractivity (Wildman–Crippen MR) is 116 cm³/mol. The Morgan fingerprint density at radius 3 is 2.31 bits per heavy atom. The zero-order valence-corrected chi connectivity index (χ0v) is 17.2. The molecule has 1 atom stereocenters. The Bertz CT molecular complexity index is 779. The fraction of sp³-hybridized carbons (Fsp3) is 0.417. The maximum atomic E-state index is 12.7. The predicted octanol–water partition coefficient (Wildman–Crippen LogP) is 2.51. The van der Waals surface area contributed by atoms with E-state index in [0.29, 0.717) is 13.1 Å². The normalized spacial score (nSPS) is 17.0. The maximum absolute atomic E-state index is 12.7. The summed E-state index contributed by atoms with van der Waals surface area (Å²) >= 11 is 0. The highest BCUT2D eigenvalue weighted by molar-refractivity contribution is 5.88. The van der Waals surface area contributed by atoms with E-state index in [4.69, 9.17) is 0 Å². The van der Waals surface area contributed by atoms with Crippen LogP contribution in [0.15, 0.2) is 60.7 Å². The molecule has 2 aromatic rings. The second-order valence-electron chi connectivity index (χ2n) is 7.69. The van der Waals surface area contributed by atoms with Crippen molar-refractivity contribution in [2.24, 2.45) is 0 Å². The quantitative estimate of drug-likeness (QED) is 0.712. The Balaban J connectivity index is 1.50. The Hall–Kier alpha value is -2.66. The molecule has 2 aromatic carbocycles. The van der Waals surface area contributed by atoms with Crippen molar-refractivity contribution in [3.63, 3.8) is 0 Å². The number of nitrogens with zero attached hydrogens (tertiary/aromatic N) is 2. The van der Waals surface area contributed by atoms with Gasteiger partial charge in [0.1, 0.15) is 0 Å². The van der Waals surface area contributed by atoms with Gasteiger partial charge >= 0.3 is 0 Å². The zero-order chi connectivity index (χ0) is 20.5. The number of benzene rings is 2. The van der Waals surface area contributed by atoms with Crippen molar-refractivity contribution in [2.45, 2.75) is 31.7 Å². The fourth-order valence-electron chi connectivity index (χ4n) is 3.77. The summed E-state index contributed by atoms with van der Waals surface area (Å²) in [5.74, 6) is -0.00295. The van der Waals surface area contributed by atoms with Crippen LogP contribution in [-0.2, 0) is 22.4 Å². The molecule has 0 unspecified atom stereocenters. The number of hydrogen-bond donors (Lipinski definition) is 1. The van der Waals surface area contributed by atoms with E-state index in [2.05, 4.69) is 46.6 Å². The molecule has 0 aliphatic carbocycles. The van der Waals surface area contributed by atoms with Gasteiger partial charge in [0.2, 0.25) is 11.8 Å². The van der Waals surface area contributed by atoms with E-state index in [0.717, 1.165) is 32.4 Å². The second-order valence-corrected chi connectivity index (χ2v) is 7.69. The van der Waals surface area contributed by atoms with E-state index in [-0.39, 0.29) is 24.3 Å². The van der Waals surface area contributed by atoms with Crippen LogP contribution < -0.4 is 5.32 Å². The van der Waals surface area contributed by atoms with E-state index in [1.54, 1.807) is 4.90 Å². The molecule has 1 N–H and O–H groups in total. The molecule has 0 saturated carbocycles. The smallest absolute Gasteiger partial charge is 0.237 e. The van der Waals surface area contributed by atoms with Gasteiger partial charge in [-0.05, 0) is 36.9 Å². The summed E-state index contributed by atoms with van der Waals surface area (Å²) in [5.41, 5.74) is 2.52. The van der Waals surface area contributed by atoms with Crippen LogP contribution in [0.25, 0.3) is 0 Å². The molecule has 2 amide bonds. The third-order valence-electron chi connectivity index (χ3n) is 5.57. The number of carbonyl (C=O) groups is 2. The lowest BCUT2D eigenvalue weighted by Gasteiger charge is -2.35. The van der Waals surface area contributed by atoms with Gasteiger partial charge in [0.25, 0.3) is 0 Å². The van der Waals surface area contributed by atoms with Crippen LogP contribution in [0, 0.1) is 0 Å². The molecule has 154 valence electrons. The molecule has 29 heavy (non-hydrogen) atoms. The number of carbonyl (C=O) groups excluding carboxylic acids is 2. The van der Waals surface area contributed by atoms with E-state index in [1.807, 2.05) is 31.3 Å². The van der Waals surface area contributed by atoms with Gasteiger partial charge < -0.3 is 10.2 Å². The first-order valence-electron chi connectivity index (χ1n) is 10.5. The van der Waals surface area contributed by atoms with Crippen LogP contribution in [0.3, 0.4) is 0 Å². The molecule has 5 heteroatoms. The second kappa shape index (κ2) is 10.8. The summed E-state index contributed by atoms with van der Waals surface area (Å²) in [4.78, 5) is 29.1. The third-order valence-corrected chi connectivity index (χ3v) is 5.57. The van der Waals surface area contributed by atoms with E-state index < -0.39 is 0 Å². The maximum Gasteiger partial charge on any atom is 0.237 e. The highest BCUT2D eigenvalue weighted by Gasteiger charge is 2.31. The van der Waals surface area contributed by atoms with E-state index >= 15 is 0 Å². The van der Waals surface area contributed by atoms with Crippen LogP contribution in [0.5, 0.6) is 0 Å². The number of aryl methyl sites for hydroxylation is 1. The minimum Gasteiger partial charge on any atom is -0.353 e. The van der Waals surface area contributed by atoms with Crippen molar-refractivity contribution in [3.8, 4) is 0 Å². The van der Waals surface area contributed by atoms with Crippen LogP contribution in [-0.4, -0.2) is 60.9 Å². The molecule has 1 fully saturated rings. The largest absolute Gasteiger partial charge is 0.353 e. The summed E-state index contributed by atoms with van der Waals surface area (Å²) < 4.78 is 0. The van der Waals surface area contributed by atoms with Gasteiger partial charge in [0.05, 0.1) is 12.5 Å². The lowest BCUT2D eigenvalue weighted by Crippen LogP contribution is -2.56. The molecule has 0 spiro atoms. The van der Waals surface area contributed by atoms with Crippen LogP contribution >= 0.6 is 0 Å². The van der Waals surface area contributed by atoms with Crippen LogP contribution in [0.1, 0.15) is 24.0 Å². The first-order chi connectivity index (χ1) is 14.1. The standard InChI is InChI=1S/C24H31N3O2/c1-26(17-14-21-11-6-3-7-12-21)23(28)19-22-24(29)25-15-18-27(22)16-8-13-20-9-4-2-5-10-20/h2-7,9-12,22H,8,13-19H2,1H3,(H,25,29)/t22-/m1/s1. The van der Waals surface area contributed by atoms with E-state index in [1.165, 1.54) is 11.1 Å². The van der Waals surface area contributed by atoms with Crippen molar-refractivity contribution >= 4 is 11.8 Å². The fourth-order valence-corrected chi connectivity index (χ4v) is 3.77. The Morgan fingerprint density at radius 2 is 1.66 bits per heavy atom. The highest BCUT2D eigenvalue weighted by atomic mass is 16.2. The average Bonchev–Trinajstić information content (AvgIpc) is 2.75. The monoisotopic (exact) mass is 393 g/mol. The summed E-state index contributed by atoms with van der Waals surface area (Å²) in [7, 11) is 1.83. The third kappa shape index (κ3) is 6.43. The molecule has 5 nitrogen and oxygen atoms in total. The molecule has 1 heterocycles. The summed E-state index contributed by atoms with van der Waals surface area (Å²) in [5, 5.41) is 2.92. The van der Waals surface area contributed by atoms with E-state index in [9.17, 15) is 9.59 Å². The summed E-state index contributed by atoms with van der Waals surface area (Å²) in [6.45, 7) is 2.93. The molecular formula is C24H31N3O2. The number of likely N-dealkylation sites (N-methyl/N-ethyl adjacent to an activating group) is 1. The van der Waals surface area contributed by atoms with Gasteiger partial charge in [-0.15, -0.1) is 0 Å². The molecular weight excluding hydrogens is 362 g/mol. The average molecular weight is 394 g/mol. The number of amides is 2. The number of hydrogen-bond acceptors (Lipinski definition) is 3. The van der Waals surface area contributed by atoms with Gasteiger partial charge in [-0.1, -0.05) is 60.7 Å². The minimum atomic E-state index is -0.369. The van der Waals surface area contributed by atoms with Gasteiger partial charge in [-0.25, -0.2) is 0 Å². The van der Waals surface area contributed by atoms with Crippen molar-refractivity contribution < 1.29 is 9.59 Å². The molecule has 3 rings (SSSR count). The molecule has 1 aliphatic heterocycles. The SMILES string of the molecule is CN(CCc1ccccc1)C(=O)C[C@@H]1C(=O)NCCN1CCCc1ccccc1. The summed E-state index contributed by atoms with van der Waals surface area (Å²) in [6.07, 6.45) is 3.02. The minimum absolute atomic E-state index is 0.0241. The van der Waals surface area contributed by atoms with Crippen molar-refractivity contribution in [2.75, 3.05) is 33.2 Å². The molecule has 0 bridgehead atoms. The lowest BCUT2D eigenvalue weighted by molar-refractivity contribution is -0.138. The molecule has 1 aliphatic rings. The summed E-state index contributed by atoms with van der Waals surface area (Å²) in [6, 6.07) is 20.2. The zero-order valence-electron chi connectivity index (χ0n) is 17.2. The molecule has 1 saturated heterocycles. The van der Waals surface area contributed by atoms with Gasteiger partial charge in [0.15, 0.2) is 0 Å². The Kier molecular flexibility index (Phi) is 7.82. The topological polar surface area (TPSA) is 52.7 Å². The molecule has 0 radical (unpaired) electrons. The Labute approximate surface area is 173 Å². The van der Waals surface area contributed by atoms with Crippen molar-refractivity contribution in [1.82, 2.24) is 15.1 Å². The highest BCUT2D eigenvalue weighted by Crippen LogP contribution is 2.13.